The number of unbranched alkanes of at least 4 members (excludes halogenated alkanes) is 1. The van der Waals surface area contributed by atoms with Crippen molar-refractivity contribution in [1.82, 2.24) is 9.80 Å². The van der Waals surface area contributed by atoms with Gasteiger partial charge in [0.25, 0.3) is 0 Å². The Morgan fingerprint density at radius 1 is 1.23 bits per heavy atom. The van der Waals surface area contributed by atoms with Crippen LogP contribution in [-0.4, -0.2) is 51.8 Å². The lowest BCUT2D eigenvalue weighted by Gasteiger charge is -2.32. The first-order valence-electron chi connectivity index (χ1n) is 8.63. The molecule has 1 fully saturated rings. The number of amides is 2. The Morgan fingerprint density at radius 3 is 2.73 bits per heavy atom. The van der Waals surface area contributed by atoms with Gasteiger partial charge in [-0.15, -0.1) is 0 Å². The molecule has 1 aromatic carbocycles. The van der Waals surface area contributed by atoms with Crippen LogP contribution in [0.5, 0.6) is 0 Å². The number of imide groups is 1. The fourth-order valence-electron chi connectivity index (χ4n) is 3.63. The summed E-state index contributed by atoms with van der Waals surface area (Å²) < 4.78 is 27.3. The molecule has 0 bridgehead atoms. The van der Waals surface area contributed by atoms with Crippen LogP contribution in [0.1, 0.15) is 36.8 Å². The van der Waals surface area contributed by atoms with Crippen LogP contribution in [0.2, 0.25) is 0 Å². The van der Waals surface area contributed by atoms with Crippen LogP contribution in [0.15, 0.2) is 12.1 Å². The molecule has 1 saturated heterocycles. The number of carboxylic acid groups (broad SMARTS) is 1. The lowest BCUT2D eigenvalue weighted by molar-refractivity contribution is -0.139. The summed E-state index contributed by atoms with van der Waals surface area (Å²) in [4.78, 5) is 38.2. The van der Waals surface area contributed by atoms with Crippen molar-refractivity contribution < 1.29 is 28.3 Å². The molecule has 8 heteroatoms. The van der Waals surface area contributed by atoms with Crippen molar-refractivity contribution in [2.75, 3.05) is 13.1 Å². The molecule has 0 aromatic heterocycles. The topological polar surface area (TPSA) is 77.9 Å². The third kappa shape index (κ3) is 3.75. The van der Waals surface area contributed by atoms with Crippen LogP contribution in [0.4, 0.5) is 8.78 Å². The molecule has 2 aliphatic rings. The Bertz CT molecular complexity index is 753. The summed E-state index contributed by atoms with van der Waals surface area (Å²) >= 11 is 0. The van der Waals surface area contributed by atoms with E-state index in [4.69, 9.17) is 5.11 Å². The van der Waals surface area contributed by atoms with E-state index in [0.717, 1.165) is 6.07 Å². The van der Waals surface area contributed by atoms with Gasteiger partial charge < -0.3 is 5.11 Å². The van der Waals surface area contributed by atoms with Crippen molar-refractivity contribution in [3.63, 3.8) is 0 Å². The molecule has 3 rings (SSSR count). The van der Waals surface area contributed by atoms with Gasteiger partial charge in [0, 0.05) is 32.1 Å². The summed E-state index contributed by atoms with van der Waals surface area (Å²) in [6.45, 7) is 0.849. The lowest BCUT2D eigenvalue weighted by atomic mass is 9.97. The van der Waals surface area contributed by atoms with Crippen molar-refractivity contribution in [2.24, 2.45) is 0 Å². The largest absolute Gasteiger partial charge is 0.481 e. The number of aliphatic carboxylic acids is 1. The number of rotatable bonds is 6. The molecule has 0 spiro atoms. The van der Waals surface area contributed by atoms with Gasteiger partial charge in [-0.05, 0) is 36.5 Å². The SMILES string of the molecule is O=C(O)CCCCN1C(=O)CC(N2CCc3c(F)cc(F)cc3C2)C1=O. The highest BCUT2D eigenvalue weighted by Gasteiger charge is 2.42. The Kier molecular flexibility index (Phi) is 5.31. The smallest absolute Gasteiger partial charge is 0.303 e. The predicted molar refractivity (Wildman–Crippen MR) is 87.1 cm³/mol. The van der Waals surface area contributed by atoms with Gasteiger partial charge in [-0.2, -0.15) is 0 Å². The van der Waals surface area contributed by atoms with E-state index in [-0.39, 0.29) is 37.7 Å². The van der Waals surface area contributed by atoms with E-state index >= 15 is 0 Å². The molecule has 1 aromatic rings. The second kappa shape index (κ2) is 7.49. The number of carbonyl (C=O) groups excluding carboxylic acids is 2. The summed E-state index contributed by atoms with van der Waals surface area (Å²) in [7, 11) is 0. The molecule has 6 nitrogen and oxygen atoms in total. The first-order valence-corrected chi connectivity index (χ1v) is 8.63. The number of fused-ring (bicyclic) bond motifs is 1. The zero-order chi connectivity index (χ0) is 18.8. The van der Waals surface area contributed by atoms with E-state index in [1.165, 1.54) is 11.0 Å². The molecule has 1 atom stereocenters. The molecule has 1 N–H and O–H groups in total. The Balaban J connectivity index is 1.64. The average Bonchev–Trinajstić information content (AvgIpc) is 2.85. The number of hydrogen-bond donors (Lipinski definition) is 1. The predicted octanol–water partition coefficient (Wildman–Crippen LogP) is 1.71. The zero-order valence-corrected chi connectivity index (χ0v) is 14.2. The van der Waals surface area contributed by atoms with Crippen LogP contribution in [-0.2, 0) is 27.3 Å². The number of carboxylic acids is 1. The van der Waals surface area contributed by atoms with E-state index < -0.39 is 23.6 Å². The highest BCUT2D eigenvalue weighted by atomic mass is 19.1. The van der Waals surface area contributed by atoms with Gasteiger partial charge >= 0.3 is 5.97 Å². The van der Waals surface area contributed by atoms with Crippen LogP contribution >= 0.6 is 0 Å². The summed E-state index contributed by atoms with van der Waals surface area (Å²) in [6, 6.07) is 1.51. The van der Waals surface area contributed by atoms with Crippen LogP contribution in [0, 0.1) is 11.6 Å². The molecule has 2 heterocycles. The second-order valence-electron chi connectivity index (χ2n) is 6.70. The summed E-state index contributed by atoms with van der Waals surface area (Å²) in [5.41, 5.74) is 0.971. The molecule has 26 heavy (non-hydrogen) atoms. The minimum absolute atomic E-state index is 0.000311. The van der Waals surface area contributed by atoms with Crippen LogP contribution in [0.25, 0.3) is 0 Å². The minimum atomic E-state index is -0.909. The third-order valence-electron chi connectivity index (χ3n) is 4.96. The maximum absolute atomic E-state index is 13.8. The zero-order valence-electron chi connectivity index (χ0n) is 14.2. The van der Waals surface area contributed by atoms with Gasteiger partial charge in [0.05, 0.1) is 12.5 Å². The molecule has 1 unspecified atom stereocenters. The molecule has 0 aliphatic carbocycles. The normalized spacial score (nSPS) is 20.5. The van der Waals surface area contributed by atoms with Crippen LogP contribution < -0.4 is 0 Å². The van der Waals surface area contributed by atoms with E-state index in [1.54, 1.807) is 4.90 Å². The maximum atomic E-state index is 13.8. The standard InChI is InChI=1S/C18H20F2N2O4/c19-12-7-11-10-21(6-4-13(11)14(20)8-12)15-9-16(23)22(18(15)26)5-2-1-3-17(24)25/h7-8,15H,1-6,9-10H2,(H,24,25). The second-order valence-corrected chi connectivity index (χ2v) is 6.70. The fraction of sp³-hybridized carbons (Fsp3) is 0.500. The Hall–Kier alpha value is -2.35. The first kappa shape index (κ1) is 18.4. The number of halogens is 2. The van der Waals surface area contributed by atoms with Crippen molar-refractivity contribution in [2.45, 2.75) is 44.7 Å². The van der Waals surface area contributed by atoms with Gasteiger partial charge in [0.1, 0.15) is 11.6 Å². The van der Waals surface area contributed by atoms with Crippen molar-refractivity contribution in [3.05, 3.63) is 34.9 Å². The third-order valence-corrected chi connectivity index (χ3v) is 4.96. The van der Waals surface area contributed by atoms with Gasteiger partial charge in [0.15, 0.2) is 0 Å². The number of benzene rings is 1. The van der Waals surface area contributed by atoms with Gasteiger partial charge in [-0.25, -0.2) is 8.78 Å². The van der Waals surface area contributed by atoms with Crippen molar-refractivity contribution in [3.8, 4) is 0 Å². The summed E-state index contributed by atoms with van der Waals surface area (Å²) in [6.07, 6.45) is 1.24. The fourth-order valence-corrected chi connectivity index (χ4v) is 3.63. The first-order chi connectivity index (χ1) is 12.4. The van der Waals surface area contributed by atoms with Crippen molar-refractivity contribution >= 4 is 17.8 Å². The van der Waals surface area contributed by atoms with Crippen LogP contribution in [0.3, 0.4) is 0 Å². The van der Waals surface area contributed by atoms with Gasteiger partial charge in [-0.3, -0.25) is 24.2 Å². The van der Waals surface area contributed by atoms with E-state index in [9.17, 15) is 23.2 Å². The van der Waals surface area contributed by atoms with Gasteiger partial charge in [0.2, 0.25) is 11.8 Å². The highest BCUT2D eigenvalue weighted by molar-refractivity contribution is 6.05. The van der Waals surface area contributed by atoms with E-state index in [1.807, 2.05) is 0 Å². The van der Waals surface area contributed by atoms with E-state index in [2.05, 4.69) is 0 Å². The number of carbonyl (C=O) groups is 3. The molecular formula is C18H20F2N2O4. The Morgan fingerprint density at radius 2 is 2.00 bits per heavy atom. The molecule has 0 radical (unpaired) electrons. The molecule has 140 valence electrons. The van der Waals surface area contributed by atoms with Gasteiger partial charge in [-0.1, -0.05) is 0 Å². The number of hydrogen-bond acceptors (Lipinski definition) is 4. The summed E-state index contributed by atoms with van der Waals surface area (Å²) in [5.74, 6) is -2.74. The molecular weight excluding hydrogens is 346 g/mol. The molecule has 0 saturated carbocycles. The number of likely N-dealkylation sites (tertiary alicyclic amines) is 1. The number of nitrogens with zero attached hydrogens (tertiary/aromatic N) is 2. The van der Waals surface area contributed by atoms with Crippen molar-refractivity contribution in [1.29, 1.82) is 0 Å². The molecule has 2 amide bonds. The summed E-state index contributed by atoms with van der Waals surface area (Å²) in [5, 5.41) is 8.63. The average molecular weight is 366 g/mol. The minimum Gasteiger partial charge on any atom is -0.481 e. The molecule has 2 aliphatic heterocycles. The quantitative estimate of drug-likeness (QED) is 0.613. The Labute approximate surface area is 149 Å². The maximum Gasteiger partial charge on any atom is 0.303 e. The van der Waals surface area contributed by atoms with E-state index in [0.29, 0.717) is 36.9 Å². The highest BCUT2D eigenvalue weighted by Crippen LogP contribution is 2.28. The monoisotopic (exact) mass is 366 g/mol. The lowest BCUT2D eigenvalue weighted by Crippen LogP contribution is -2.44.